The van der Waals surface area contributed by atoms with Crippen molar-refractivity contribution >= 4 is 37.4 Å². The van der Waals surface area contributed by atoms with Crippen LogP contribution in [0.5, 0.6) is 5.75 Å². The van der Waals surface area contributed by atoms with E-state index in [1.807, 2.05) is 13.8 Å². The molecule has 0 aromatic heterocycles. The normalized spacial score (nSPS) is 11.2. The third-order valence-electron chi connectivity index (χ3n) is 3.34. The Hall–Kier alpha value is -1.86. The molecule has 24 heavy (non-hydrogen) atoms. The lowest BCUT2D eigenvalue weighted by Gasteiger charge is -2.11. The third-order valence-corrected chi connectivity index (χ3v) is 5.14. The number of sulfone groups is 1. The number of rotatable bonds is 5. The number of carbonyl (C=O) groups is 1. The number of anilines is 1. The summed E-state index contributed by atoms with van der Waals surface area (Å²) in [6.07, 6.45) is 1.10. The Kier molecular flexibility index (Phi) is 5.66. The minimum atomic E-state index is -3.38. The molecule has 0 aliphatic heterocycles. The number of aryl methyl sites for hydroxylation is 1. The highest BCUT2D eigenvalue weighted by atomic mass is 79.9. The second-order valence-corrected chi connectivity index (χ2v) is 8.15. The molecule has 0 atom stereocenters. The van der Waals surface area contributed by atoms with E-state index in [9.17, 15) is 13.2 Å². The Labute approximate surface area is 150 Å². The van der Waals surface area contributed by atoms with Crippen molar-refractivity contribution in [2.75, 3.05) is 18.2 Å². The molecular formula is C17H18BrNO4S. The van der Waals surface area contributed by atoms with E-state index >= 15 is 0 Å². The molecule has 0 aliphatic carbocycles. The fraction of sp³-hybridized carbons (Fsp3) is 0.235. The van der Waals surface area contributed by atoms with Crippen LogP contribution in [0.25, 0.3) is 0 Å². The minimum absolute atomic E-state index is 0.0960. The summed E-state index contributed by atoms with van der Waals surface area (Å²) in [5.74, 6) is 0.367. The van der Waals surface area contributed by atoms with Gasteiger partial charge in [0.1, 0.15) is 5.75 Å². The summed E-state index contributed by atoms with van der Waals surface area (Å²) in [7, 11) is -3.38. The molecule has 1 N–H and O–H groups in total. The van der Waals surface area contributed by atoms with E-state index in [0.29, 0.717) is 16.8 Å². The summed E-state index contributed by atoms with van der Waals surface area (Å²) in [6.45, 7) is 4.36. The first-order valence-electron chi connectivity index (χ1n) is 7.26. The first-order valence-corrected chi connectivity index (χ1v) is 9.95. The molecule has 7 heteroatoms. The van der Waals surface area contributed by atoms with Gasteiger partial charge < -0.3 is 10.1 Å². The molecule has 2 aromatic rings. The molecule has 0 unspecified atom stereocenters. The summed E-state index contributed by atoms with van der Waals surface area (Å²) >= 11 is 3.28. The van der Waals surface area contributed by atoms with Crippen LogP contribution in [0.2, 0.25) is 0 Å². The van der Waals surface area contributed by atoms with Gasteiger partial charge in [-0.3, -0.25) is 4.79 Å². The number of ether oxygens (including phenoxy) is 1. The summed E-state index contributed by atoms with van der Waals surface area (Å²) in [5.41, 5.74) is 1.76. The Morgan fingerprint density at radius 1 is 1.21 bits per heavy atom. The highest BCUT2D eigenvalue weighted by molar-refractivity contribution is 9.10. The number of nitrogens with one attached hydrogen (secondary N) is 1. The van der Waals surface area contributed by atoms with Crippen molar-refractivity contribution in [1.29, 1.82) is 0 Å². The van der Waals surface area contributed by atoms with Gasteiger partial charge in [0, 0.05) is 16.4 Å². The van der Waals surface area contributed by atoms with Crippen molar-refractivity contribution in [2.45, 2.75) is 18.7 Å². The molecule has 2 aromatic carbocycles. The zero-order chi connectivity index (χ0) is 17.9. The smallest absolute Gasteiger partial charge is 0.256 e. The van der Waals surface area contributed by atoms with Crippen molar-refractivity contribution in [3.63, 3.8) is 0 Å². The monoisotopic (exact) mass is 411 g/mol. The van der Waals surface area contributed by atoms with Gasteiger partial charge in [0.15, 0.2) is 9.84 Å². The highest BCUT2D eigenvalue weighted by Crippen LogP contribution is 2.25. The van der Waals surface area contributed by atoms with Crippen molar-refractivity contribution in [3.05, 3.63) is 52.0 Å². The van der Waals surface area contributed by atoms with Gasteiger partial charge in [-0.1, -0.05) is 0 Å². The van der Waals surface area contributed by atoms with Gasteiger partial charge in [-0.05, 0) is 71.7 Å². The van der Waals surface area contributed by atoms with Crippen LogP contribution >= 0.6 is 15.9 Å². The fourth-order valence-electron chi connectivity index (χ4n) is 2.15. The molecule has 5 nitrogen and oxygen atoms in total. The number of benzene rings is 2. The van der Waals surface area contributed by atoms with Gasteiger partial charge in [0.25, 0.3) is 5.91 Å². The van der Waals surface area contributed by atoms with Crippen molar-refractivity contribution < 1.29 is 17.9 Å². The second kappa shape index (κ2) is 7.36. The van der Waals surface area contributed by atoms with Gasteiger partial charge in [0.05, 0.1) is 17.1 Å². The molecule has 0 spiro atoms. The largest absolute Gasteiger partial charge is 0.494 e. The maximum Gasteiger partial charge on any atom is 0.256 e. The molecule has 0 aliphatic rings. The zero-order valence-corrected chi connectivity index (χ0v) is 16.0. The van der Waals surface area contributed by atoms with Gasteiger partial charge in [-0.25, -0.2) is 8.42 Å². The second-order valence-electron chi connectivity index (χ2n) is 5.28. The van der Waals surface area contributed by atoms with E-state index in [-0.39, 0.29) is 10.5 Å². The van der Waals surface area contributed by atoms with Crippen LogP contribution in [0.3, 0.4) is 0 Å². The maximum atomic E-state index is 12.5. The highest BCUT2D eigenvalue weighted by Gasteiger charge is 2.15. The zero-order valence-electron chi connectivity index (χ0n) is 13.6. The van der Waals surface area contributed by atoms with Crippen LogP contribution in [-0.2, 0) is 9.84 Å². The first kappa shape index (κ1) is 18.5. The van der Waals surface area contributed by atoms with Crippen molar-refractivity contribution in [2.24, 2.45) is 0 Å². The summed E-state index contributed by atoms with van der Waals surface area (Å²) in [4.78, 5) is 12.6. The Balaban J connectivity index is 2.29. The topological polar surface area (TPSA) is 72.5 Å². The fourth-order valence-corrected chi connectivity index (χ4v) is 3.23. The minimum Gasteiger partial charge on any atom is -0.494 e. The predicted molar refractivity (Wildman–Crippen MR) is 97.6 cm³/mol. The first-order chi connectivity index (χ1) is 11.2. The lowest BCUT2D eigenvalue weighted by Crippen LogP contribution is -2.13. The van der Waals surface area contributed by atoms with Crippen LogP contribution in [0.4, 0.5) is 5.69 Å². The molecule has 0 bridgehead atoms. The molecule has 0 saturated carbocycles. The summed E-state index contributed by atoms with van der Waals surface area (Å²) < 4.78 is 29.3. The van der Waals surface area contributed by atoms with Gasteiger partial charge in [-0.2, -0.15) is 0 Å². The number of carbonyl (C=O) groups excluding carboxylic acids is 1. The molecule has 0 fully saturated rings. The average Bonchev–Trinajstić information content (AvgIpc) is 2.49. The quantitative estimate of drug-likeness (QED) is 0.811. The van der Waals surface area contributed by atoms with Gasteiger partial charge >= 0.3 is 0 Å². The molecular weight excluding hydrogens is 394 g/mol. The van der Waals surface area contributed by atoms with E-state index in [0.717, 1.165) is 17.6 Å². The number of hydrogen-bond donors (Lipinski definition) is 1. The van der Waals surface area contributed by atoms with E-state index in [4.69, 9.17) is 4.74 Å². The molecule has 0 saturated heterocycles. The summed E-state index contributed by atoms with van der Waals surface area (Å²) in [6, 6.07) is 9.69. The SMILES string of the molecule is CCOc1ccc(NC(=O)c2cc(S(C)(=O)=O)ccc2Br)cc1C. The van der Waals surface area contributed by atoms with Crippen molar-refractivity contribution in [3.8, 4) is 5.75 Å². The number of hydrogen-bond acceptors (Lipinski definition) is 4. The lowest BCUT2D eigenvalue weighted by atomic mass is 10.1. The Bertz CT molecular complexity index is 878. The molecule has 128 valence electrons. The van der Waals surface area contributed by atoms with E-state index in [1.165, 1.54) is 12.1 Å². The van der Waals surface area contributed by atoms with E-state index < -0.39 is 15.7 Å². The molecule has 2 rings (SSSR count). The van der Waals surface area contributed by atoms with E-state index in [1.54, 1.807) is 24.3 Å². The number of halogens is 1. The standard InChI is InChI=1S/C17H18BrNO4S/c1-4-23-16-8-5-12(9-11(16)2)19-17(20)14-10-13(24(3,21)22)6-7-15(14)18/h5-10H,4H2,1-3H3,(H,19,20). The van der Waals surface area contributed by atoms with Gasteiger partial charge in [0.2, 0.25) is 0 Å². The van der Waals surface area contributed by atoms with Gasteiger partial charge in [-0.15, -0.1) is 0 Å². The van der Waals surface area contributed by atoms with Crippen LogP contribution < -0.4 is 10.1 Å². The average molecular weight is 412 g/mol. The Morgan fingerprint density at radius 3 is 2.50 bits per heavy atom. The lowest BCUT2D eigenvalue weighted by molar-refractivity contribution is 0.102. The van der Waals surface area contributed by atoms with Crippen LogP contribution in [0.1, 0.15) is 22.8 Å². The van der Waals surface area contributed by atoms with Crippen LogP contribution in [-0.4, -0.2) is 27.2 Å². The summed E-state index contributed by atoms with van der Waals surface area (Å²) in [5, 5.41) is 2.77. The Morgan fingerprint density at radius 2 is 1.92 bits per heavy atom. The number of amides is 1. The van der Waals surface area contributed by atoms with Crippen LogP contribution in [0.15, 0.2) is 45.8 Å². The molecule has 1 amide bonds. The maximum absolute atomic E-state index is 12.5. The van der Waals surface area contributed by atoms with Crippen molar-refractivity contribution in [1.82, 2.24) is 0 Å². The predicted octanol–water partition coefficient (Wildman–Crippen LogP) is 3.81. The van der Waals surface area contributed by atoms with E-state index in [2.05, 4.69) is 21.2 Å². The molecule has 0 radical (unpaired) electrons. The molecule has 0 heterocycles. The third kappa shape index (κ3) is 4.36. The van der Waals surface area contributed by atoms with Crippen LogP contribution in [0, 0.1) is 6.92 Å².